The van der Waals surface area contributed by atoms with Gasteiger partial charge in [0.1, 0.15) is 0 Å². The molecule has 0 atom stereocenters. The molecule has 0 bridgehead atoms. The third kappa shape index (κ3) is 6.72. The number of alkyl halides is 7. The van der Waals surface area contributed by atoms with Crippen molar-refractivity contribution in [1.29, 1.82) is 5.26 Å². The van der Waals surface area contributed by atoms with Gasteiger partial charge in [0.15, 0.2) is 5.79 Å². The summed E-state index contributed by atoms with van der Waals surface area (Å²) < 4.78 is 92.2. The van der Waals surface area contributed by atoms with Crippen LogP contribution >= 0.6 is 0 Å². The van der Waals surface area contributed by atoms with Crippen molar-refractivity contribution in [3.05, 3.63) is 13.3 Å². The van der Waals surface area contributed by atoms with E-state index in [0.717, 1.165) is 38.9 Å². The summed E-state index contributed by atoms with van der Waals surface area (Å²) in [6, 6.07) is 2.11. The molecule has 1 saturated heterocycles. The second-order valence-corrected chi connectivity index (χ2v) is 5.79. The first-order chi connectivity index (χ1) is 11.4. The molecule has 0 amide bonds. The summed E-state index contributed by atoms with van der Waals surface area (Å²) in [6.45, 7) is 3.73. The molecular weight excluding hydrogens is 492 g/mol. The molecule has 0 radical (unpaired) electrons. The van der Waals surface area contributed by atoms with Crippen LogP contribution < -0.4 is 68.9 Å². The smallest absolute Gasteiger partial charge is 0.348 e. The molecule has 0 aromatic rings. The zero-order valence-corrected chi connectivity index (χ0v) is 20.5. The van der Waals surface area contributed by atoms with Crippen LogP contribution in [0.3, 0.4) is 0 Å². The number of hydrogen-bond acceptors (Lipinski definition) is 3. The Morgan fingerprint density at radius 1 is 1.00 bits per heavy atom. The van der Waals surface area contributed by atoms with Gasteiger partial charge in [0.05, 0.1) is 13.2 Å². The van der Waals surface area contributed by atoms with Crippen LogP contribution in [0, 0.1) is 30.6 Å². The van der Waals surface area contributed by atoms with E-state index in [9.17, 15) is 30.7 Å². The van der Waals surface area contributed by atoms with Gasteiger partial charge in [-0.25, -0.2) is 9.65 Å². The molecular formula is C15H18CsF7NO2-. The summed E-state index contributed by atoms with van der Waals surface area (Å²) in [5, 5.41) is 8.51. The van der Waals surface area contributed by atoms with E-state index in [1.807, 2.05) is 0 Å². The van der Waals surface area contributed by atoms with Gasteiger partial charge in [0.2, 0.25) is 0 Å². The number of rotatable bonds is 2. The summed E-state index contributed by atoms with van der Waals surface area (Å²) >= 11 is 0. The predicted molar refractivity (Wildman–Crippen MR) is 72.4 cm³/mol. The SMILES string of the molecule is N#C[CH-]C1CCC2(CC1)OCCO2.[CH2-]CC(F)(C(F)(F)F)C(F)(F)F.[Cs+]. The summed E-state index contributed by atoms with van der Waals surface area (Å²) in [7, 11) is 0. The number of ether oxygens (including phenoxy) is 2. The van der Waals surface area contributed by atoms with Crippen molar-refractivity contribution in [2.24, 2.45) is 5.92 Å². The van der Waals surface area contributed by atoms with Gasteiger partial charge < -0.3 is 16.4 Å². The van der Waals surface area contributed by atoms with E-state index in [1.165, 1.54) is 0 Å². The first-order valence-electron chi connectivity index (χ1n) is 7.53. The molecule has 26 heavy (non-hydrogen) atoms. The first-order valence-corrected chi connectivity index (χ1v) is 7.53. The molecule has 2 aliphatic rings. The van der Waals surface area contributed by atoms with Crippen molar-refractivity contribution in [2.45, 2.75) is 55.9 Å². The molecule has 1 spiro atoms. The Labute approximate surface area is 206 Å². The van der Waals surface area contributed by atoms with Gasteiger partial charge >= 0.3 is 81.2 Å². The van der Waals surface area contributed by atoms with Crippen LogP contribution in [-0.4, -0.2) is 37.0 Å². The van der Waals surface area contributed by atoms with E-state index in [0.29, 0.717) is 5.92 Å². The number of hydrogen-bond donors (Lipinski definition) is 0. The minimum atomic E-state index is -5.97. The summed E-state index contributed by atoms with van der Waals surface area (Å²) in [5.74, 6) is 0.170. The molecule has 11 heteroatoms. The fraction of sp³-hybridized carbons (Fsp3) is 0.800. The number of nitriles is 1. The van der Waals surface area contributed by atoms with Crippen LogP contribution in [0.15, 0.2) is 0 Å². The maximum Gasteiger partial charge on any atom is 1.00 e. The predicted octanol–water partition coefficient (Wildman–Crippen LogP) is 1.70. The summed E-state index contributed by atoms with van der Waals surface area (Å²) in [4.78, 5) is 0. The van der Waals surface area contributed by atoms with E-state index >= 15 is 0 Å². The standard InChI is InChI=1S/C10H14NO2.C5H4F7.Cs/c11-6-3-9-1-4-10(5-2-9)12-7-8-13-10;1-2-3(6,4(7,8)9)5(10,11)12;/h3,9H,1-2,4-5,7-8H2;1-2H2;/q2*-1;+1. The van der Waals surface area contributed by atoms with Crippen molar-refractivity contribution in [3.63, 3.8) is 0 Å². The van der Waals surface area contributed by atoms with Gasteiger partial charge in [-0.3, -0.25) is 6.42 Å². The average molecular weight is 510 g/mol. The summed E-state index contributed by atoms with van der Waals surface area (Å²) in [5.41, 5.74) is -5.19. The van der Waals surface area contributed by atoms with E-state index in [-0.39, 0.29) is 74.7 Å². The van der Waals surface area contributed by atoms with Gasteiger partial charge in [-0.2, -0.15) is 26.3 Å². The van der Waals surface area contributed by atoms with Gasteiger partial charge in [0.25, 0.3) is 5.67 Å². The Hall–Kier alpha value is 0.842. The zero-order valence-electron chi connectivity index (χ0n) is 14.2. The monoisotopic (exact) mass is 510 g/mol. The number of halogens is 7. The molecule has 2 rings (SSSR count). The molecule has 2 fully saturated rings. The number of nitrogens with zero attached hydrogens (tertiary/aromatic N) is 1. The fourth-order valence-electron chi connectivity index (χ4n) is 2.58. The van der Waals surface area contributed by atoms with E-state index in [4.69, 9.17) is 14.7 Å². The van der Waals surface area contributed by atoms with Crippen molar-refractivity contribution < 1.29 is 109 Å². The van der Waals surface area contributed by atoms with E-state index in [1.54, 1.807) is 6.42 Å². The quantitative estimate of drug-likeness (QED) is 0.420. The topological polar surface area (TPSA) is 42.2 Å². The van der Waals surface area contributed by atoms with Crippen molar-refractivity contribution in [1.82, 2.24) is 0 Å². The maximum atomic E-state index is 12.2. The largest absolute Gasteiger partial charge is 1.00 e. The molecule has 0 unspecified atom stereocenters. The van der Waals surface area contributed by atoms with Crippen LogP contribution in [0.5, 0.6) is 0 Å². The van der Waals surface area contributed by atoms with Crippen molar-refractivity contribution in [3.8, 4) is 6.07 Å². The van der Waals surface area contributed by atoms with Crippen molar-refractivity contribution >= 4 is 0 Å². The van der Waals surface area contributed by atoms with Crippen LogP contribution in [0.4, 0.5) is 30.7 Å². The van der Waals surface area contributed by atoms with Crippen LogP contribution in [0.1, 0.15) is 32.1 Å². The van der Waals surface area contributed by atoms with Gasteiger partial charge in [-0.15, -0.1) is 18.4 Å². The third-order valence-corrected chi connectivity index (χ3v) is 4.16. The van der Waals surface area contributed by atoms with E-state index < -0.39 is 24.4 Å². The molecule has 0 aromatic carbocycles. The van der Waals surface area contributed by atoms with Crippen LogP contribution in [0.25, 0.3) is 0 Å². The molecule has 1 aliphatic heterocycles. The minimum Gasteiger partial charge on any atom is -0.348 e. The van der Waals surface area contributed by atoms with Crippen LogP contribution in [-0.2, 0) is 9.47 Å². The van der Waals surface area contributed by atoms with Gasteiger partial charge in [0, 0.05) is 0 Å². The Kier molecular flexibility index (Phi) is 10.9. The Bertz CT molecular complexity index is 446. The fourth-order valence-corrected chi connectivity index (χ4v) is 2.58. The first kappa shape index (κ1) is 26.8. The Morgan fingerprint density at radius 3 is 1.69 bits per heavy atom. The zero-order chi connectivity index (χ0) is 19.4. The molecule has 146 valence electrons. The molecule has 1 heterocycles. The second-order valence-electron chi connectivity index (χ2n) is 5.79. The Balaban J connectivity index is 0.000000466. The molecule has 0 N–H and O–H groups in total. The van der Waals surface area contributed by atoms with Crippen molar-refractivity contribution in [2.75, 3.05) is 13.2 Å². The third-order valence-electron chi connectivity index (χ3n) is 4.16. The average Bonchev–Trinajstić information content (AvgIpc) is 2.96. The molecule has 3 nitrogen and oxygen atoms in total. The normalized spacial score (nSPS) is 20.6. The van der Waals surface area contributed by atoms with E-state index in [2.05, 4.69) is 13.0 Å². The maximum absolute atomic E-state index is 12.2. The second kappa shape index (κ2) is 10.6. The van der Waals surface area contributed by atoms with Gasteiger partial charge in [-0.1, -0.05) is 12.8 Å². The Morgan fingerprint density at radius 2 is 1.42 bits per heavy atom. The molecule has 0 aromatic heterocycles. The summed E-state index contributed by atoms with van der Waals surface area (Å²) in [6.07, 6.45) is -8.19. The molecule has 1 saturated carbocycles. The van der Waals surface area contributed by atoms with Crippen LogP contribution in [0.2, 0.25) is 0 Å². The molecule has 1 aliphatic carbocycles. The minimum absolute atomic E-state index is 0. The van der Waals surface area contributed by atoms with Gasteiger partial charge in [-0.05, 0) is 12.8 Å².